The number of aryl methyl sites for hydroxylation is 4. The molecule has 1 spiro atoms. The molecule has 4 fully saturated rings. The van der Waals surface area contributed by atoms with Crippen LogP contribution in [0.3, 0.4) is 0 Å². The van der Waals surface area contributed by atoms with E-state index < -0.39 is 0 Å². The van der Waals surface area contributed by atoms with E-state index in [4.69, 9.17) is 4.42 Å². The van der Waals surface area contributed by atoms with Crippen LogP contribution in [0.25, 0.3) is 66.1 Å². The van der Waals surface area contributed by atoms with Gasteiger partial charge in [0.25, 0.3) is 0 Å². The van der Waals surface area contributed by atoms with E-state index >= 15 is 0 Å². The zero-order chi connectivity index (χ0) is 56.8. The van der Waals surface area contributed by atoms with Gasteiger partial charge in [-0.3, -0.25) is 0 Å². The lowest BCUT2D eigenvalue weighted by Crippen LogP contribution is -2.55. The predicted molar refractivity (Wildman–Crippen MR) is 351 cm³/mol. The quantitative estimate of drug-likeness (QED) is 0.151. The highest BCUT2D eigenvalue weighted by molar-refractivity contribution is 6.10. The molecule has 3 heteroatoms. The molecular formula is C80H76N2O. The zero-order valence-corrected chi connectivity index (χ0v) is 50.1. The van der Waals surface area contributed by atoms with Crippen LogP contribution in [-0.2, 0) is 16.2 Å². The second-order valence-electron chi connectivity index (χ2n) is 27.7. The first-order chi connectivity index (χ1) is 40.0. The first kappa shape index (κ1) is 51.7. The summed E-state index contributed by atoms with van der Waals surface area (Å²) >= 11 is 0. The van der Waals surface area contributed by atoms with Crippen molar-refractivity contribution in [3.63, 3.8) is 0 Å². The summed E-state index contributed by atoms with van der Waals surface area (Å²) in [5.74, 6) is 2.90. The fraction of sp³-hybridized carbons (Fsp3) is 0.275. The van der Waals surface area contributed by atoms with E-state index in [9.17, 15) is 0 Å². The summed E-state index contributed by atoms with van der Waals surface area (Å²) in [4.78, 5) is 4.90. The SMILES string of the molecule is Cc1ccccc1-c1ccc(N(c2ccc(C(C)(C)C)cc2)c2ccc3cc4c(cc3c2)C2(c3cc5oc6cc(N(c7ccc(C(C)(C)C)cc7)c7ccc(-c8ccccc8C)c(C)c7)ccc6c5cc3-4)C3CC4CC(C3)CC2C4)cc1C. The van der Waals surface area contributed by atoms with Crippen molar-refractivity contribution < 1.29 is 4.42 Å². The van der Waals surface area contributed by atoms with E-state index in [1.165, 1.54) is 138 Å². The van der Waals surface area contributed by atoms with E-state index in [0.717, 1.165) is 45.5 Å². The summed E-state index contributed by atoms with van der Waals surface area (Å²) < 4.78 is 7.25. The molecule has 0 amide bonds. The van der Waals surface area contributed by atoms with Crippen LogP contribution < -0.4 is 9.80 Å². The molecule has 11 aromatic rings. The van der Waals surface area contributed by atoms with Crippen LogP contribution in [-0.4, -0.2) is 0 Å². The Bertz CT molecular complexity index is 4380. The minimum Gasteiger partial charge on any atom is -0.456 e. The molecule has 5 aliphatic carbocycles. The number of rotatable bonds is 8. The van der Waals surface area contributed by atoms with E-state index in [2.05, 4.69) is 273 Å². The highest BCUT2D eigenvalue weighted by atomic mass is 16.3. The second kappa shape index (κ2) is 18.9. The van der Waals surface area contributed by atoms with Gasteiger partial charge in [0.1, 0.15) is 11.2 Å². The van der Waals surface area contributed by atoms with Crippen molar-refractivity contribution in [3.05, 3.63) is 239 Å². The Hall–Kier alpha value is -8.14. The average molecular weight is 1080 g/mol. The highest BCUT2D eigenvalue weighted by Crippen LogP contribution is 2.70. The molecule has 0 radical (unpaired) electrons. The number of benzene rings is 10. The fourth-order valence-electron chi connectivity index (χ4n) is 16.5. The summed E-state index contributed by atoms with van der Waals surface area (Å²) in [6.45, 7) is 22.7. The number of nitrogens with zero attached hydrogens (tertiary/aromatic N) is 2. The maximum Gasteiger partial charge on any atom is 0.137 e. The van der Waals surface area contributed by atoms with Crippen molar-refractivity contribution in [2.75, 3.05) is 9.80 Å². The maximum atomic E-state index is 7.25. The topological polar surface area (TPSA) is 19.6 Å². The molecule has 0 unspecified atom stereocenters. The van der Waals surface area contributed by atoms with Gasteiger partial charge in [0, 0.05) is 56.4 Å². The van der Waals surface area contributed by atoms with Gasteiger partial charge >= 0.3 is 0 Å². The molecule has 10 aromatic carbocycles. The fourth-order valence-corrected chi connectivity index (χ4v) is 16.5. The molecule has 0 atom stereocenters. The second-order valence-corrected chi connectivity index (χ2v) is 27.7. The van der Waals surface area contributed by atoms with E-state index in [-0.39, 0.29) is 16.2 Å². The number of furan rings is 1. The first-order valence-corrected chi connectivity index (χ1v) is 30.7. The largest absolute Gasteiger partial charge is 0.456 e. The van der Waals surface area contributed by atoms with Crippen molar-refractivity contribution in [2.24, 2.45) is 23.7 Å². The van der Waals surface area contributed by atoms with Gasteiger partial charge in [-0.05, 0) is 280 Å². The third-order valence-electron chi connectivity index (χ3n) is 20.5. The third-order valence-corrected chi connectivity index (χ3v) is 20.5. The van der Waals surface area contributed by atoms with Crippen molar-refractivity contribution in [2.45, 2.75) is 118 Å². The van der Waals surface area contributed by atoms with Gasteiger partial charge in [0.2, 0.25) is 0 Å². The van der Waals surface area contributed by atoms with Gasteiger partial charge in [0.15, 0.2) is 0 Å². The molecule has 83 heavy (non-hydrogen) atoms. The number of hydrogen-bond donors (Lipinski definition) is 0. The standard InChI is InChI=1S/C80H76N2O/c1-48-15-11-13-17-66(48)68-32-29-62(35-50(68)3)81(60-25-20-56(21-26-60)78(5,6)7)64-24-19-54-43-71-72-46-73-70-34-31-65(82(61-27-22-57(23-28-61)79(8,9)10)63-30-33-69(51(4)36-63)67-18-14-12-16-49(67)2)45-76(70)83-77(73)47-75(72)80(74(71)44-55(54)42-64)58-38-52-37-53(40-58)41-59(80)39-52/h11-36,42-47,52-53,58-59H,37-41H2,1-10H3. The van der Waals surface area contributed by atoms with Crippen LogP contribution in [0.4, 0.5) is 34.1 Å². The maximum absolute atomic E-state index is 7.25. The molecule has 0 saturated heterocycles. The average Bonchev–Trinajstić information content (AvgIpc) is 1.60. The van der Waals surface area contributed by atoms with Crippen LogP contribution in [0.5, 0.6) is 0 Å². The molecule has 412 valence electrons. The molecular weight excluding hydrogens is 1000 g/mol. The van der Waals surface area contributed by atoms with Gasteiger partial charge in [-0.1, -0.05) is 133 Å². The van der Waals surface area contributed by atoms with Crippen LogP contribution in [0.2, 0.25) is 0 Å². The Morgan fingerprint density at radius 3 is 1.30 bits per heavy atom. The van der Waals surface area contributed by atoms with Gasteiger partial charge in [-0.25, -0.2) is 0 Å². The molecule has 4 bridgehead atoms. The Kier molecular flexibility index (Phi) is 11.8. The zero-order valence-electron chi connectivity index (χ0n) is 50.1. The Labute approximate surface area is 491 Å². The predicted octanol–water partition coefficient (Wildman–Crippen LogP) is 22.6. The summed E-state index contributed by atoms with van der Waals surface area (Å²) in [6, 6.07) is 74.4. The normalized spacial score (nSPS) is 19.7. The number of hydrogen-bond acceptors (Lipinski definition) is 3. The lowest BCUT2D eigenvalue weighted by molar-refractivity contribution is -0.0398. The minimum atomic E-state index is -0.0517. The molecule has 1 aromatic heterocycles. The van der Waals surface area contributed by atoms with Crippen LogP contribution in [0, 0.1) is 51.4 Å². The smallest absolute Gasteiger partial charge is 0.137 e. The number of fused-ring (bicyclic) bond motifs is 7. The van der Waals surface area contributed by atoms with Gasteiger partial charge in [0.05, 0.1) is 0 Å². The van der Waals surface area contributed by atoms with Gasteiger partial charge in [-0.2, -0.15) is 0 Å². The first-order valence-electron chi connectivity index (χ1n) is 30.7. The van der Waals surface area contributed by atoms with Crippen molar-refractivity contribution in [1.29, 1.82) is 0 Å². The molecule has 4 saturated carbocycles. The monoisotopic (exact) mass is 1080 g/mol. The van der Waals surface area contributed by atoms with Crippen molar-refractivity contribution >= 4 is 66.8 Å². The molecule has 0 N–H and O–H groups in total. The van der Waals surface area contributed by atoms with Crippen LogP contribution >= 0.6 is 0 Å². The Balaban J connectivity index is 0.865. The molecule has 0 aliphatic heterocycles. The van der Waals surface area contributed by atoms with Gasteiger partial charge < -0.3 is 14.2 Å². The number of anilines is 6. The third kappa shape index (κ3) is 8.34. The van der Waals surface area contributed by atoms with Crippen molar-refractivity contribution in [3.8, 4) is 33.4 Å². The Morgan fingerprint density at radius 2 is 0.783 bits per heavy atom. The molecule has 1 heterocycles. The summed E-state index contributed by atoms with van der Waals surface area (Å²) in [6.07, 6.45) is 6.69. The van der Waals surface area contributed by atoms with Crippen LogP contribution in [0.15, 0.2) is 199 Å². The summed E-state index contributed by atoms with van der Waals surface area (Å²) in [5.41, 5.74) is 27.6. The van der Waals surface area contributed by atoms with E-state index in [1.807, 2.05) is 0 Å². The van der Waals surface area contributed by atoms with Crippen LogP contribution in [0.1, 0.15) is 118 Å². The van der Waals surface area contributed by atoms with E-state index in [1.54, 1.807) is 5.56 Å². The molecule has 3 nitrogen and oxygen atoms in total. The molecule has 5 aliphatic rings. The van der Waals surface area contributed by atoms with Crippen molar-refractivity contribution in [1.82, 2.24) is 0 Å². The highest BCUT2D eigenvalue weighted by Gasteiger charge is 2.62. The summed E-state index contributed by atoms with van der Waals surface area (Å²) in [5, 5.41) is 4.96. The summed E-state index contributed by atoms with van der Waals surface area (Å²) in [7, 11) is 0. The Morgan fingerprint density at radius 1 is 0.349 bits per heavy atom. The lowest BCUT2D eigenvalue weighted by Gasteiger charge is -2.61. The molecule has 16 rings (SSSR count). The van der Waals surface area contributed by atoms with Gasteiger partial charge in [-0.15, -0.1) is 0 Å². The van der Waals surface area contributed by atoms with E-state index in [0.29, 0.717) is 11.8 Å². The minimum absolute atomic E-state index is 0.0483. The lowest BCUT2D eigenvalue weighted by atomic mass is 9.43.